The third-order valence-electron chi connectivity index (χ3n) is 4.58. The van der Waals surface area contributed by atoms with Gasteiger partial charge in [-0.2, -0.15) is 0 Å². The normalized spacial score (nSPS) is 15.2. The van der Waals surface area contributed by atoms with Crippen LogP contribution < -0.4 is 10.1 Å². The molecular formula is C20H31N3O3. The van der Waals surface area contributed by atoms with Crippen LogP contribution in [-0.2, 0) is 4.79 Å². The molecule has 1 aliphatic heterocycles. The molecule has 0 aromatic heterocycles. The zero-order valence-electron chi connectivity index (χ0n) is 16.2. The largest absolute Gasteiger partial charge is 0.494 e. The topological polar surface area (TPSA) is 61.9 Å². The van der Waals surface area contributed by atoms with Crippen LogP contribution in [0, 0.1) is 5.92 Å². The van der Waals surface area contributed by atoms with Gasteiger partial charge in [0.25, 0.3) is 5.91 Å². The van der Waals surface area contributed by atoms with Crippen molar-refractivity contribution in [2.24, 2.45) is 5.92 Å². The van der Waals surface area contributed by atoms with Crippen molar-refractivity contribution in [3.05, 3.63) is 29.8 Å². The molecule has 1 aliphatic rings. The van der Waals surface area contributed by atoms with Crippen LogP contribution >= 0.6 is 0 Å². The number of hydrogen-bond donors (Lipinski definition) is 1. The highest BCUT2D eigenvalue weighted by Gasteiger charge is 2.21. The molecular weight excluding hydrogens is 330 g/mol. The lowest BCUT2D eigenvalue weighted by Gasteiger charge is -2.35. The minimum atomic E-state index is -0.239. The Morgan fingerprint density at radius 2 is 1.77 bits per heavy atom. The predicted molar refractivity (Wildman–Crippen MR) is 102 cm³/mol. The van der Waals surface area contributed by atoms with Gasteiger partial charge >= 0.3 is 0 Å². The highest BCUT2D eigenvalue weighted by Crippen LogP contribution is 2.12. The summed E-state index contributed by atoms with van der Waals surface area (Å²) in [7, 11) is 0. The number of nitrogens with zero attached hydrogens (tertiary/aromatic N) is 2. The number of carbonyl (C=O) groups is 2. The Morgan fingerprint density at radius 1 is 1.12 bits per heavy atom. The summed E-state index contributed by atoms with van der Waals surface area (Å²) < 4.78 is 5.36. The quantitative estimate of drug-likeness (QED) is 0.769. The van der Waals surface area contributed by atoms with Gasteiger partial charge in [0.2, 0.25) is 5.91 Å². The van der Waals surface area contributed by atoms with Gasteiger partial charge in [0.1, 0.15) is 5.75 Å². The summed E-state index contributed by atoms with van der Waals surface area (Å²) in [4.78, 5) is 28.7. The monoisotopic (exact) mass is 361 g/mol. The lowest BCUT2D eigenvalue weighted by atomic mass is 10.1. The van der Waals surface area contributed by atoms with Crippen molar-refractivity contribution in [3.63, 3.8) is 0 Å². The summed E-state index contributed by atoms with van der Waals surface area (Å²) in [5, 5.41) is 2.71. The SMILES string of the molecule is CCOc1ccc(C(=O)NCC(=O)N2CCN(CCC(C)C)CC2)cc1. The fourth-order valence-corrected chi connectivity index (χ4v) is 2.90. The summed E-state index contributed by atoms with van der Waals surface area (Å²) in [6.07, 6.45) is 1.19. The van der Waals surface area contributed by atoms with Gasteiger partial charge in [-0.05, 0) is 50.1 Å². The maximum atomic E-state index is 12.3. The molecule has 0 spiro atoms. The molecule has 1 aromatic rings. The van der Waals surface area contributed by atoms with Crippen LogP contribution in [0.15, 0.2) is 24.3 Å². The number of benzene rings is 1. The van der Waals surface area contributed by atoms with Crippen LogP contribution in [0.3, 0.4) is 0 Å². The van der Waals surface area contributed by atoms with Crippen LogP contribution in [0.2, 0.25) is 0 Å². The number of hydrogen-bond acceptors (Lipinski definition) is 4. The minimum absolute atomic E-state index is 0.0206. The van der Waals surface area contributed by atoms with Crippen molar-refractivity contribution in [1.29, 1.82) is 0 Å². The first kappa shape index (κ1) is 20.2. The van der Waals surface area contributed by atoms with Crippen LogP contribution in [0.4, 0.5) is 0 Å². The van der Waals surface area contributed by atoms with E-state index in [1.807, 2.05) is 11.8 Å². The van der Waals surface area contributed by atoms with E-state index in [-0.39, 0.29) is 18.4 Å². The Morgan fingerprint density at radius 3 is 2.35 bits per heavy atom. The van der Waals surface area contributed by atoms with E-state index in [4.69, 9.17) is 4.74 Å². The lowest BCUT2D eigenvalue weighted by molar-refractivity contribution is -0.131. The zero-order valence-corrected chi connectivity index (χ0v) is 16.2. The second-order valence-electron chi connectivity index (χ2n) is 7.05. The molecule has 144 valence electrons. The molecule has 0 saturated carbocycles. The Kier molecular flexibility index (Phi) is 7.91. The number of nitrogens with one attached hydrogen (secondary N) is 1. The number of piperazine rings is 1. The van der Waals surface area contributed by atoms with Crippen molar-refractivity contribution in [1.82, 2.24) is 15.1 Å². The number of carbonyl (C=O) groups excluding carboxylic acids is 2. The van der Waals surface area contributed by atoms with E-state index in [1.54, 1.807) is 24.3 Å². The van der Waals surface area contributed by atoms with Gasteiger partial charge in [0.15, 0.2) is 0 Å². The molecule has 1 saturated heterocycles. The Hall–Kier alpha value is -2.08. The predicted octanol–water partition coefficient (Wildman–Crippen LogP) is 2.01. The molecule has 2 amide bonds. The average Bonchev–Trinajstić information content (AvgIpc) is 2.65. The maximum Gasteiger partial charge on any atom is 0.251 e. The first-order valence-corrected chi connectivity index (χ1v) is 9.50. The molecule has 1 heterocycles. The van der Waals surface area contributed by atoms with Crippen molar-refractivity contribution in [2.45, 2.75) is 27.2 Å². The second kappa shape index (κ2) is 10.2. The molecule has 0 aliphatic carbocycles. The molecule has 0 unspecified atom stereocenters. The Labute approximate surface area is 156 Å². The van der Waals surface area contributed by atoms with Crippen LogP contribution in [0.25, 0.3) is 0 Å². The standard InChI is InChI=1S/C20H31N3O3/c1-4-26-18-7-5-17(6-8-18)20(25)21-15-19(24)23-13-11-22(12-14-23)10-9-16(2)3/h5-8,16H,4,9-15H2,1-3H3,(H,21,25). The van der Waals surface area contributed by atoms with E-state index >= 15 is 0 Å². The Balaban J connectivity index is 1.72. The van der Waals surface area contributed by atoms with E-state index in [0.717, 1.165) is 38.5 Å². The zero-order chi connectivity index (χ0) is 18.9. The molecule has 2 rings (SSSR count). The number of ether oxygens (including phenoxy) is 1. The smallest absolute Gasteiger partial charge is 0.251 e. The van der Waals surface area contributed by atoms with Gasteiger partial charge in [-0.1, -0.05) is 13.8 Å². The van der Waals surface area contributed by atoms with Crippen molar-refractivity contribution >= 4 is 11.8 Å². The average molecular weight is 361 g/mol. The van der Waals surface area contributed by atoms with E-state index in [1.165, 1.54) is 6.42 Å². The molecule has 1 aromatic carbocycles. The molecule has 0 atom stereocenters. The lowest BCUT2D eigenvalue weighted by Crippen LogP contribution is -2.51. The van der Waals surface area contributed by atoms with Gasteiger partial charge < -0.3 is 15.0 Å². The van der Waals surface area contributed by atoms with Crippen molar-refractivity contribution < 1.29 is 14.3 Å². The molecule has 1 fully saturated rings. The molecule has 26 heavy (non-hydrogen) atoms. The third kappa shape index (κ3) is 6.33. The van der Waals surface area contributed by atoms with Gasteiger partial charge in [-0.25, -0.2) is 0 Å². The summed E-state index contributed by atoms with van der Waals surface area (Å²) in [6.45, 7) is 11.4. The summed E-state index contributed by atoms with van der Waals surface area (Å²) in [5.74, 6) is 1.17. The highest BCUT2D eigenvalue weighted by atomic mass is 16.5. The van der Waals surface area contributed by atoms with Gasteiger partial charge in [0.05, 0.1) is 13.2 Å². The van der Waals surface area contributed by atoms with Gasteiger partial charge in [0, 0.05) is 31.7 Å². The van der Waals surface area contributed by atoms with E-state index in [0.29, 0.717) is 18.1 Å². The summed E-state index contributed by atoms with van der Waals surface area (Å²) >= 11 is 0. The van der Waals surface area contributed by atoms with E-state index in [9.17, 15) is 9.59 Å². The summed E-state index contributed by atoms with van der Waals surface area (Å²) in [6, 6.07) is 6.93. The van der Waals surface area contributed by atoms with Crippen LogP contribution in [-0.4, -0.2) is 67.5 Å². The van der Waals surface area contributed by atoms with Crippen LogP contribution in [0.5, 0.6) is 5.75 Å². The first-order chi connectivity index (χ1) is 12.5. The molecule has 0 radical (unpaired) electrons. The fourth-order valence-electron chi connectivity index (χ4n) is 2.90. The molecule has 0 bridgehead atoms. The number of amides is 2. The second-order valence-corrected chi connectivity index (χ2v) is 7.05. The fraction of sp³-hybridized carbons (Fsp3) is 0.600. The molecule has 1 N–H and O–H groups in total. The van der Waals surface area contributed by atoms with Gasteiger partial charge in [-0.3, -0.25) is 14.5 Å². The summed E-state index contributed by atoms with van der Waals surface area (Å²) in [5.41, 5.74) is 0.528. The van der Waals surface area contributed by atoms with Gasteiger partial charge in [-0.15, -0.1) is 0 Å². The van der Waals surface area contributed by atoms with Crippen LogP contribution in [0.1, 0.15) is 37.6 Å². The van der Waals surface area contributed by atoms with Crippen molar-refractivity contribution in [3.8, 4) is 5.75 Å². The first-order valence-electron chi connectivity index (χ1n) is 9.50. The minimum Gasteiger partial charge on any atom is -0.494 e. The van der Waals surface area contributed by atoms with E-state index in [2.05, 4.69) is 24.1 Å². The van der Waals surface area contributed by atoms with Crippen molar-refractivity contribution in [2.75, 3.05) is 45.9 Å². The van der Waals surface area contributed by atoms with E-state index < -0.39 is 0 Å². The maximum absolute atomic E-state index is 12.3. The Bertz CT molecular complexity index is 578. The highest BCUT2D eigenvalue weighted by molar-refractivity contribution is 5.96. The third-order valence-corrected chi connectivity index (χ3v) is 4.58. The molecule has 6 nitrogen and oxygen atoms in total. The number of rotatable bonds is 8. The molecule has 6 heteroatoms.